The standard InChI is InChI=1S/C24H25N5O3/c25-23(31)22-19-10-4-5-11-20(19)24(32)29(26-22)17-21(30)28-15-13-27(14-16-28)12-6-9-18-7-2-1-3-8-18/h1-11H,12-17H2,(H2,25,31)/b9-6+. The lowest BCUT2D eigenvalue weighted by Gasteiger charge is -2.34. The highest BCUT2D eigenvalue weighted by Crippen LogP contribution is 2.13. The van der Waals surface area contributed by atoms with Crippen LogP contribution in [0.25, 0.3) is 16.8 Å². The van der Waals surface area contributed by atoms with Gasteiger partial charge in [-0.3, -0.25) is 19.3 Å². The number of hydrogen-bond acceptors (Lipinski definition) is 5. The van der Waals surface area contributed by atoms with Crippen molar-refractivity contribution in [3.8, 4) is 0 Å². The molecule has 2 heterocycles. The maximum atomic E-state index is 12.8. The van der Waals surface area contributed by atoms with Gasteiger partial charge in [0, 0.05) is 38.1 Å². The van der Waals surface area contributed by atoms with Crippen LogP contribution in [0.4, 0.5) is 0 Å². The summed E-state index contributed by atoms with van der Waals surface area (Å²) in [6.07, 6.45) is 4.21. The van der Waals surface area contributed by atoms with E-state index >= 15 is 0 Å². The highest BCUT2D eigenvalue weighted by molar-refractivity contribution is 6.04. The molecule has 0 saturated carbocycles. The van der Waals surface area contributed by atoms with Gasteiger partial charge >= 0.3 is 0 Å². The lowest BCUT2D eigenvalue weighted by Crippen LogP contribution is -2.50. The van der Waals surface area contributed by atoms with Gasteiger partial charge in [0.1, 0.15) is 6.54 Å². The summed E-state index contributed by atoms with van der Waals surface area (Å²) in [5.41, 5.74) is 6.17. The van der Waals surface area contributed by atoms with E-state index < -0.39 is 11.5 Å². The van der Waals surface area contributed by atoms with Crippen LogP contribution in [0.3, 0.4) is 0 Å². The second kappa shape index (κ2) is 9.57. The number of aromatic nitrogens is 2. The zero-order chi connectivity index (χ0) is 22.5. The normalized spacial score (nSPS) is 14.8. The van der Waals surface area contributed by atoms with Gasteiger partial charge in [-0.15, -0.1) is 0 Å². The first-order valence-corrected chi connectivity index (χ1v) is 10.5. The molecule has 0 bridgehead atoms. The monoisotopic (exact) mass is 431 g/mol. The van der Waals surface area contributed by atoms with Crippen molar-refractivity contribution in [3.63, 3.8) is 0 Å². The maximum absolute atomic E-state index is 12.8. The number of piperazine rings is 1. The van der Waals surface area contributed by atoms with Crippen molar-refractivity contribution < 1.29 is 9.59 Å². The first-order chi connectivity index (χ1) is 15.5. The Morgan fingerprint density at radius 3 is 2.28 bits per heavy atom. The highest BCUT2D eigenvalue weighted by atomic mass is 16.2. The largest absolute Gasteiger partial charge is 0.364 e. The number of amides is 2. The third-order valence-electron chi connectivity index (χ3n) is 5.58. The fourth-order valence-corrected chi connectivity index (χ4v) is 3.83. The smallest absolute Gasteiger partial charge is 0.275 e. The number of nitrogens with two attached hydrogens (primary N) is 1. The number of rotatable bonds is 6. The van der Waals surface area contributed by atoms with E-state index in [1.165, 1.54) is 0 Å². The Hall–Kier alpha value is -3.78. The summed E-state index contributed by atoms with van der Waals surface area (Å²) in [5, 5.41) is 4.79. The minimum absolute atomic E-state index is 0.0111. The second-order valence-electron chi connectivity index (χ2n) is 7.72. The molecule has 0 unspecified atom stereocenters. The maximum Gasteiger partial charge on any atom is 0.275 e. The summed E-state index contributed by atoms with van der Waals surface area (Å²) in [5.74, 6) is -0.940. The van der Waals surface area contributed by atoms with Gasteiger partial charge in [0.2, 0.25) is 5.91 Å². The van der Waals surface area contributed by atoms with E-state index in [1.807, 2.05) is 18.2 Å². The molecule has 32 heavy (non-hydrogen) atoms. The molecule has 3 aromatic rings. The minimum Gasteiger partial charge on any atom is -0.364 e. The molecule has 0 atom stereocenters. The lowest BCUT2D eigenvalue weighted by molar-refractivity contribution is -0.133. The van der Waals surface area contributed by atoms with Gasteiger partial charge in [-0.25, -0.2) is 4.68 Å². The minimum atomic E-state index is -0.737. The summed E-state index contributed by atoms with van der Waals surface area (Å²) in [6.45, 7) is 3.23. The van der Waals surface area contributed by atoms with Crippen LogP contribution in [-0.2, 0) is 11.3 Å². The third-order valence-corrected chi connectivity index (χ3v) is 5.58. The lowest BCUT2D eigenvalue weighted by atomic mass is 10.1. The molecule has 1 aliphatic heterocycles. The molecule has 1 saturated heterocycles. The highest BCUT2D eigenvalue weighted by Gasteiger charge is 2.22. The van der Waals surface area contributed by atoms with Crippen LogP contribution < -0.4 is 11.3 Å². The molecule has 8 nitrogen and oxygen atoms in total. The summed E-state index contributed by atoms with van der Waals surface area (Å²) >= 11 is 0. The Morgan fingerprint density at radius 1 is 0.938 bits per heavy atom. The van der Waals surface area contributed by atoms with Crippen LogP contribution in [0, 0.1) is 0 Å². The van der Waals surface area contributed by atoms with Crippen molar-refractivity contribution in [3.05, 3.63) is 82.3 Å². The summed E-state index contributed by atoms with van der Waals surface area (Å²) in [6, 6.07) is 16.8. The third kappa shape index (κ3) is 4.76. The van der Waals surface area contributed by atoms with Gasteiger partial charge in [-0.2, -0.15) is 5.10 Å². The van der Waals surface area contributed by atoms with Gasteiger partial charge in [-0.1, -0.05) is 60.7 Å². The summed E-state index contributed by atoms with van der Waals surface area (Å²) in [7, 11) is 0. The number of nitrogens with zero attached hydrogens (tertiary/aromatic N) is 4. The van der Waals surface area contributed by atoms with Crippen LogP contribution in [0.5, 0.6) is 0 Å². The van der Waals surface area contributed by atoms with E-state index in [4.69, 9.17) is 5.73 Å². The first kappa shape index (κ1) is 21.5. The average Bonchev–Trinajstić information content (AvgIpc) is 2.82. The van der Waals surface area contributed by atoms with E-state index in [9.17, 15) is 14.4 Å². The predicted molar refractivity (Wildman–Crippen MR) is 123 cm³/mol. The molecule has 1 aliphatic rings. The van der Waals surface area contributed by atoms with Crippen LogP contribution in [0.1, 0.15) is 16.1 Å². The van der Waals surface area contributed by atoms with Gasteiger partial charge in [0.25, 0.3) is 11.5 Å². The van der Waals surface area contributed by atoms with Gasteiger partial charge in [0.15, 0.2) is 5.69 Å². The number of fused-ring (bicyclic) bond motifs is 1. The van der Waals surface area contributed by atoms with Gasteiger partial charge < -0.3 is 10.6 Å². The van der Waals surface area contributed by atoms with E-state index in [2.05, 4.69) is 34.3 Å². The van der Waals surface area contributed by atoms with E-state index in [0.717, 1.165) is 29.9 Å². The van der Waals surface area contributed by atoms with E-state index in [0.29, 0.717) is 23.9 Å². The Balaban J connectivity index is 1.39. The molecular formula is C24H25N5O3. The number of hydrogen-bond donors (Lipinski definition) is 1. The number of benzene rings is 2. The topological polar surface area (TPSA) is 102 Å². The Morgan fingerprint density at radius 2 is 1.59 bits per heavy atom. The van der Waals surface area contributed by atoms with Crippen molar-refractivity contribution in [2.24, 2.45) is 5.73 Å². The van der Waals surface area contributed by atoms with Crippen molar-refractivity contribution >= 4 is 28.7 Å². The molecule has 0 spiro atoms. The molecule has 2 N–H and O–H groups in total. The molecule has 8 heteroatoms. The van der Waals surface area contributed by atoms with Crippen molar-refractivity contribution in [1.82, 2.24) is 19.6 Å². The predicted octanol–water partition coefficient (Wildman–Crippen LogP) is 1.35. The van der Waals surface area contributed by atoms with Crippen molar-refractivity contribution in [1.29, 1.82) is 0 Å². The molecule has 4 rings (SSSR count). The molecule has 1 fully saturated rings. The van der Waals surface area contributed by atoms with Crippen LogP contribution in [-0.4, -0.2) is 64.1 Å². The van der Waals surface area contributed by atoms with Gasteiger partial charge in [0.05, 0.1) is 5.39 Å². The molecule has 1 aromatic heterocycles. The number of primary amides is 1. The first-order valence-electron chi connectivity index (χ1n) is 10.5. The van der Waals surface area contributed by atoms with E-state index in [1.54, 1.807) is 29.2 Å². The fourth-order valence-electron chi connectivity index (χ4n) is 3.83. The van der Waals surface area contributed by atoms with Crippen LogP contribution >= 0.6 is 0 Å². The molecule has 0 radical (unpaired) electrons. The average molecular weight is 431 g/mol. The van der Waals surface area contributed by atoms with Gasteiger partial charge in [-0.05, 0) is 11.6 Å². The Kier molecular flexibility index (Phi) is 6.42. The fraction of sp³-hybridized carbons (Fsp3) is 0.250. The molecule has 2 amide bonds. The summed E-state index contributed by atoms with van der Waals surface area (Å²) in [4.78, 5) is 41.4. The second-order valence-corrected chi connectivity index (χ2v) is 7.72. The van der Waals surface area contributed by atoms with Crippen molar-refractivity contribution in [2.45, 2.75) is 6.54 Å². The van der Waals surface area contributed by atoms with E-state index in [-0.39, 0.29) is 18.1 Å². The number of carbonyl (C=O) groups excluding carboxylic acids is 2. The molecular weight excluding hydrogens is 406 g/mol. The summed E-state index contributed by atoms with van der Waals surface area (Å²) < 4.78 is 1.04. The van der Waals surface area contributed by atoms with Crippen LogP contribution in [0.15, 0.2) is 65.5 Å². The zero-order valence-corrected chi connectivity index (χ0v) is 17.7. The SMILES string of the molecule is NC(=O)c1nn(CC(=O)N2CCN(C/C=C/c3ccccc3)CC2)c(=O)c2ccccc12. The zero-order valence-electron chi connectivity index (χ0n) is 17.7. The number of carbonyl (C=O) groups is 2. The Labute approximate surface area is 185 Å². The molecule has 0 aliphatic carbocycles. The Bertz CT molecular complexity index is 1210. The quantitative estimate of drug-likeness (QED) is 0.635. The molecule has 2 aromatic carbocycles. The van der Waals surface area contributed by atoms with Crippen LogP contribution in [0.2, 0.25) is 0 Å². The molecule has 164 valence electrons. The van der Waals surface area contributed by atoms with Crippen molar-refractivity contribution in [2.75, 3.05) is 32.7 Å².